The molecule has 1 aliphatic heterocycles. The van der Waals surface area contributed by atoms with Crippen molar-refractivity contribution in [1.29, 1.82) is 0 Å². The summed E-state index contributed by atoms with van der Waals surface area (Å²) < 4.78 is 0. The molecule has 3 atom stereocenters. The van der Waals surface area contributed by atoms with Gasteiger partial charge in [0.05, 0.1) is 19.1 Å². The average molecular weight is 551 g/mol. The Hall–Kier alpha value is -2.69. The van der Waals surface area contributed by atoms with Crippen LogP contribution in [0.15, 0.2) is 0 Å². The number of nitrogens with two attached hydrogens (primary N) is 1. The highest BCUT2D eigenvalue weighted by atomic mass is 16.2. The van der Waals surface area contributed by atoms with Gasteiger partial charge in [-0.05, 0) is 37.5 Å². The lowest BCUT2D eigenvalue weighted by Crippen LogP contribution is -2.53. The van der Waals surface area contributed by atoms with E-state index in [4.69, 9.17) is 5.73 Å². The normalized spacial score (nSPS) is 21.3. The van der Waals surface area contributed by atoms with E-state index in [0.717, 1.165) is 64.3 Å². The summed E-state index contributed by atoms with van der Waals surface area (Å²) >= 11 is 0. The van der Waals surface area contributed by atoms with Crippen LogP contribution in [0.4, 0.5) is 0 Å². The molecule has 11 nitrogen and oxygen atoms in total. The van der Waals surface area contributed by atoms with Gasteiger partial charge in [-0.25, -0.2) is 0 Å². The molecular formula is C28H50N6O5. The minimum Gasteiger partial charge on any atom is -0.356 e. The Morgan fingerprint density at radius 2 is 1.46 bits per heavy atom. The summed E-state index contributed by atoms with van der Waals surface area (Å²) in [5.41, 5.74) is 5.80. The minimum absolute atomic E-state index is 0.0433. The van der Waals surface area contributed by atoms with Crippen molar-refractivity contribution in [1.82, 2.24) is 26.6 Å². The first-order valence-electron chi connectivity index (χ1n) is 14.7. The van der Waals surface area contributed by atoms with Gasteiger partial charge >= 0.3 is 0 Å². The Morgan fingerprint density at radius 1 is 0.872 bits per heavy atom. The molecule has 39 heavy (non-hydrogen) atoms. The fraction of sp³-hybridized carbons (Fsp3) is 0.821. The van der Waals surface area contributed by atoms with E-state index in [-0.39, 0.29) is 48.7 Å². The van der Waals surface area contributed by atoms with Gasteiger partial charge in [0.1, 0.15) is 6.04 Å². The number of carbonyl (C=O) groups excluding carboxylic acids is 5. The second kappa shape index (κ2) is 17.1. The Morgan fingerprint density at radius 3 is 2.00 bits per heavy atom. The van der Waals surface area contributed by atoms with Crippen LogP contribution >= 0.6 is 0 Å². The number of nitrogens with one attached hydrogen (secondary N) is 5. The molecule has 0 aromatic heterocycles. The van der Waals surface area contributed by atoms with E-state index in [1.54, 1.807) is 0 Å². The zero-order chi connectivity index (χ0) is 28.8. The lowest BCUT2D eigenvalue weighted by atomic mass is 9.84. The Kier molecular flexibility index (Phi) is 14.3. The smallest absolute Gasteiger partial charge is 0.243 e. The molecule has 5 amide bonds. The Labute approximate surface area is 232 Å². The molecule has 0 bridgehead atoms. The van der Waals surface area contributed by atoms with Crippen LogP contribution in [0.1, 0.15) is 91.4 Å². The van der Waals surface area contributed by atoms with E-state index in [2.05, 4.69) is 26.6 Å². The number of rotatable bonds is 11. The molecule has 3 aliphatic rings. The molecule has 1 saturated heterocycles. The van der Waals surface area contributed by atoms with Crippen LogP contribution in [0.25, 0.3) is 0 Å². The fourth-order valence-corrected chi connectivity index (χ4v) is 5.18. The molecule has 2 saturated carbocycles. The van der Waals surface area contributed by atoms with Gasteiger partial charge in [0.25, 0.3) is 0 Å². The molecule has 11 heteroatoms. The van der Waals surface area contributed by atoms with E-state index in [1.807, 2.05) is 20.8 Å². The first-order chi connectivity index (χ1) is 18.6. The van der Waals surface area contributed by atoms with Crippen molar-refractivity contribution in [3.05, 3.63) is 0 Å². The standard InChI is InChI=1S/C23H41N5O4.C5H9NO/c1-15(2)21(24)23(32)26-14-20(30)28-18(12-16-8-4-3-5-9-16)22(31)25-13-19(29)27-17-10-6-7-11-17;1-4-2-3-6-5(4)7/h15-18,21H,3-14,24H2,1-2H3,(H,25,31)(H,26,32)(H,27,29)(H,28,30);4H,2-3H2,1H3,(H,6,7). The van der Waals surface area contributed by atoms with Gasteiger partial charge in [-0.3, -0.25) is 24.0 Å². The summed E-state index contributed by atoms with van der Waals surface area (Å²) in [6.45, 7) is 6.14. The van der Waals surface area contributed by atoms with Gasteiger partial charge < -0.3 is 32.3 Å². The molecule has 0 aromatic rings. The second-order valence-electron chi connectivity index (χ2n) is 11.6. The number of hydrogen-bond donors (Lipinski definition) is 6. The fourth-order valence-electron chi connectivity index (χ4n) is 5.18. The summed E-state index contributed by atoms with van der Waals surface area (Å²) in [6.07, 6.45) is 11.2. The highest BCUT2D eigenvalue weighted by Gasteiger charge is 2.27. The Bertz CT molecular complexity index is 823. The zero-order valence-corrected chi connectivity index (χ0v) is 24.0. The van der Waals surface area contributed by atoms with Crippen molar-refractivity contribution in [3.8, 4) is 0 Å². The van der Waals surface area contributed by atoms with Crippen LogP contribution in [0, 0.1) is 17.8 Å². The first kappa shape index (κ1) is 32.5. The molecule has 0 spiro atoms. The summed E-state index contributed by atoms with van der Waals surface area (Å²) in [4.78, 5) is 59.9. The van der Waals surface area contributed by atoms with Crippen LogP contribution in [0.3, 0.4) is 0 Å². The van der Waals surface area contributed by atoms with Crippen LogP contribution < -0.4 is 32.3 Å². The first-order valence-corrected chi connectivity index (χ1v) is 14.7. The van der Waals surface area contributed by atoms with E-state index in [0.29, 0.717) is 12.3 Å². The van der Waals surface area contributed by atoms with Gasteiger partial charge in [-0.15, -0.1) is 0 Å². The number of amides is 5. The van der Waals surface area contributed by atoms with Crippen molar-refractivity contribution in [2.45, 2.75) is 110 Å². The summed E-state index contributed by atoms with van der Waals surface area (Å²) in [5, 5.41) is 13.6. The minimum atomic E-state index is -0.736. The van der Waals surface area contributed by atoms with E-state index in [1.165, 1.54) is 6.42 Å². The molecule has 3 rings (SSSR count). The van der Waals surface area contributed by atoms with Crippen molar-refractivity contribution in [2.24, 2.45) is 23.5 Å². The van der Waals surface area contributed by atoms with Crippen LogP contribution in [-0.2, 0) is 24.0 Å². The largest absolute Gasteiger partial charge is 0.356 e. The SMILES string of the molecule is CC(C)C(N)C(=O)NCC(=O)NC(CC1CCCCC1)C(=O)NCC(=O)NC1CCCC1.CC1CCNC1=O. The molecule has 3 unspecified atom stereocenters. The van der Waals surface area contributed by atoms with Gasteiger partial charge in [-0.1, -0.05) is 65.7 Å². The van der Waals surface area contributed by atoms with Crippen LogP contribution in [-0.4, -0.2) is 67.3 Å². The maximum Gasteiger partial charge on any atom is 0.243 e. The molecule has 1 heterocycles. The Balaban J connectivity index is 0.000000658. The lowest BCUT2D eigenvalue weighted by molar-refractivity contribution is -0.131. The third kappa shape index (κ3) is 12.4. The van der Waals surface area contributed by atoms with Gasteiger partial charge in [0, 0.05) is 18.5 Å². The van der Waals surface area contributed by atoms with E-state index in [9.17, 15) is 24.0 Å². The highest BCUT2D eigenvalue weighted by molar-refractivity contribution is 5.92. The van der Waals surface area contributed by atoms with Crippen molar-refractivity contribution < 1.29 is 24.0 Å². The average Bonchev–Trinajstić information content (AvgIpc) is 3.57. The van der Waals surface area contributed by atoms with Crippen LogP contribution in [0.2, 0.25) is 0 Å². The quantitative estimate of drug-likeness (QED) is 0.223. The summed E-state index contributed by atoms with van der Waals surface area (Å²) in [7, 11) is 0. The number of carbonyl (C=O) groups is 5. The number of hydrogen-bond acceptors (Lipinski definition) is 6. The maximum atomic E-state index is 12.8. The lowest BCUT2D eigenvalue weighted by Gasteiger charge is -2.27. The van der Waals surface area contributed by atoms with E-state index < -0.39 is 23.9 Å². The van der Waals surface area contributed by atoms with Crippen LogP contribution in [0.5, 0.6) is 0 Å². The molecule has 0 aromatic carbocycles. The second-order valence-corrected chi connectivity index (χ2v) is 11.6. The summed E-state index contributed by atoms with van der Waals surface area (Å²) in [5.74, 6) is -0.624. The molecule has 7 N–H and O–H groups in total. The van der Waals surface area contributed by atoms with Gasteiger partial charge in [0.2, 0.25) is 29.5 Å². The highest BCUT2D eigenvalue weighted by Crippen LogP contribution is 2.27. The van der Waals surface area contributed by atoms with Gasteiger partial charge in [0.15, 0.2) is 0 Å². The summed E-state index contributed by atoms with van der Waals surface area (Å²) in [6, 6.07) is -1.24. The third-order valence-electron chi connectivity index (χ3n) is 7.86. The molecule has 2 aliphatic carbocycles. The van der Waals surface area contributed by atoms with Crippen molar-refractivity contribution in [2.75, 3.05) is 19.6 Å². The topological polar surface area (TPSA) is 172 Å². The maximum absolute atomic E-state index is 12.8. The van der Waals surface area contributed by atoms with Crippen molar-refractivity contribution in [3.63, 3.8) is 0 Å². The molecule has 0 radical (unpaired) electrons. The molecule has 3 fully saturated rings. The molecular weight excluding hydrogens is 500 g/mol. The monoisotopic (exact) mass is 550 g/mol. The van der Waals surface area contributed by atoms with Crippen molar-refractivity contribution >= 4 is 29.5 Å². The van der Waals surface area contributed by atoms with E-state index >= 15 is 0 Å². The third-order valence-corrected chi connectivity index (χ3v) is 7.86. The van der Waals surface area contributed by atoms with Gasteiger partial charge in [-0.2, -0.15) is 0 Å². The predicted molar refractivity (Wildman–Crippen MR) is 149 cm³/mol. The molecule has 222 valence electrons. The predicted octanol–water partition coefficient (Wildman–Crippen LogP) is 0.859. The zero-order valence-electron chi connectivity index (χ0n) is 24.0.